The average Bonchev–Trinajstić information content (AvgIpc) is 2.67. The summed E-state index contributed by atoms with van der Waals surface area (Å²) in [6, 6.07) is 11.5. The van der Waals surface area contributed by atoms with E-state index in [0.29, 0.717) is 43.5 Å². The summed E-state index contributed by atoms with van der Waals surface area (Å²) in [5, 5.41) is 3.26. The molecular formula is C20H25N5O2. The topological polar surface area (TPSA) is 78.4 Å². The third-order valence-electron chi connectivity index (χ3n) is 4.43. The van der Waals surface area contributed by atoms with Crippen LogP contribution in [0.15, 0.2) is 36.4 Å². The Kier molecular flexibility index (Phi) is 5.69. The summed E-state index contributed by atoms with van der Waals surface area (Å²) in [5.41, 5.74) is 1.23. The second kappa shape index (κ2) is 8.16. The van der Waals surface area contributed by atoms with Crippen molar-refractivity contribution >= 4 is 17.6 Å². The van der Waals surface area contributed by atoms with Crippen molar-refractivity contribution in [2.45, 2.75) is 26.8 Å². The molecule has 2 aromatic rings. The van der Waals surface area contributed by atoms with E-state index in [-0.39, 0.29) is 17.9 Å². The first-order valence-corrected chi connectivity index (χ1v) is 9.20. The van der Waals surface area contributed by atoms with Crippen LogP contribution in [0.1, 0.15) is 31.3 Å². The third kappa shape index (κ3) is 4.61. The van der Waals surface area contributed by atoms with Gasteiger partial charge in [-0.1, -0.05) is 30.3 Å². The molecule has 27 heavy (non-hydrogen) atoms. The van der Waals surface area contributed by atoms with E-state index in [2.05, 4.69) is 15.3 Å². The number of carbonyl (C=O) groups excluding carboxylic acids is 2. The predicted molar refractivity (Wildman–Crippen MR) is 104 cm³/mol. The van der Waals surface area contributed by atoms with Gasteiger partial charge in [0.2, 0.25) is 5.91 Å². The lowest BCUT2D eigenvalue weighted by Crippen LogP contribution is -2.50. The minimum atomic E-state index is -0.135. The fraction of sp³-hybridized carbons (Fsp3) is 0.400. The van der Waals surface area contributed by atoms with Crippen LogP contribution in [0.4, 0.5) is 5.82 Å². The molecule has 0 unspecified atom stereocenters. The number of anilines is 1. The highest BCUT2D eigenvalue weighted by Crippen LogP contribution is 2.19. The van der Waals surface area contributed by atoms with Gasteiger partial charge in [0.15, 0.2) is 5.82 Å². The lowest BCUT2D eigenvalue weighted by Gasteiger charge is -2.34. The summed E-state index contributed by atoms with van der Waals surface area (Å²) < 4.78 is 0. The van der Waals surface area contributed by atoms with Gasteiger partial charge in [0, 0.05) is 50.8 Å². The SMILES string of the molecule is CC(=O)N1CCN(C(=O)c2cc(NC(C)C)nc(-c3ccccc3)n2)CC1. The molecule has 1 aromatic carbocycles. The molecule has 1 aliphatic rings. The van der Waals surface area contributed by atoms with Crippen LogP contribution in [0.5, 0.6) is 0 Å². The van der Waals surface area contributed by atoms with E-state index in [4.69, 9.17) is 0 Å². The maximum atomic E-state index is 13.0. The van der Waals surface area contributed by atoms with E-state index in [9.17, 15) is 9.59 Å². The Morgan fingerprint density at radius 3 is 2.22 bits per heavy atom. The molecule has 142 valence electrons. The Balaban J connectivity index is 1.87. The first-order valence-electron chi connectivity index (χ1n) is 9.20. The number of nitrogens with one attached hydrogen (secondary N) is 1. The lowest BCUT2D eigenvalue weighted by molar-refractivity contribution is -0.130. The molecule has 0 bridgehead atoms. The fourth-order valence-electron chi connectivity index (χ4n) is 3.03. The third-order valence-corrected chi connectivity index (χ3v) is 4.43. The van der Waals surface area contributed by atoms with Gasteiger partial charge in [0.25, 0.3) is 5.91 Å². The average molecular weight is 367 g/mol. The molecule has 0 radical (unpaired) electrons. The Morgan fingerprint density at radius 1 is 1.00 bits per heavy atom. The number of hydrogen-bond donors (Lipinski definition) is 1. The maximum absolute atomic E-state index is 13.0. The Morgan fingerprint density at radius 2 is 1.63 bits per heavy atom. The number of rotatable bonds is 4. The largest absolute Gasteiger partial charge is 0.368 e. The van der Waals surface area contributed by atoms with Crippen LogP contribution in [0, 0.1) is 0 Å². The van der Waals surface area contributed by atoms with Crippen LogP contribution in [0.2, 0.25) is 0 Å². The van der Waals surface area contributed by atoms with Crippen molar-refractivity contribution in [1.29, 1.82) is 0 Å². The Labute approximate surface area is 159 Å². The van der Waals surface area contributed by atoms with E-state index >= 15 is 0 Å². The number of aromatic nitrogens is 2. The highest BCUT2D eigenvalue weighted by atomic mass is 16.2. The molecule has 2 heterocycles. The number of nitrogens with zero attached hydrogens (tertiary/aromatic N) is 4. The fourth-order valence-corrected chi connectivity index (χ4v) is 3.03. The van der Waals surface area contributed by atoms with E-state index < -0.39 is 0 Å². The molecule has 7 nitrogen and oxygen atoms in total. The van der Waals surface area contributed by atoms with Gasteiger partial charge in [0.1, 0.15) is 11.5 Å². The standard InChI is InChI=1S/C20H25N5O2/c1-14(2)21-18-13-17(22-19(23-18)16-7-5-4-6-8-16)20(27)25-11-9-24(10-12-25)15(3)26/h4-8,13-14H,9-12H2,1-3H3,(H,21,22,23). The molecule has 0 saturated carbocycles. The molecule has 7 heteroatoms. The van der Waals surface area contributed by atoms with E-state index in [1.807, 2.05) is 44.2 Å². The van der Waals surface area contributed by atoms with Crippen LogP contribution in [0.3, 0.4) is 0 Å². The Hall–Kier alpha value is -2.96. The highest BCUT2D eigenvalue weighted by Gasteiger charge is 2.25. The number of carbonyl (C=O) groups is 2. The molecule has 0 atom stereocenters. The monoisotopic (exact) mass is 367 g/mol. The first-order chi connectivity index (χ1) is 12.9. The molecule has 0 spiro atoms. The van der Waals surface area contributed by atoms with Crippen LogP contribution in [0.25, 0.3) is 11.4 Å². The normalized spacial score (nSPS) is 14.4. The van der Waals surface area contributed by atoms with Crippen molar-refractivity contribution in [3.63, 3.8) is 0 Å². The van der Waals surface area contributed by atoms with E-state index in [1.165, 1.54) is 0 Å². The number of hydrogen-bond acceptors (Lipinski definition) is 5. The van der Waals surface area contributed by atoms with Gasteiger partial charge in [-0.15, -0.1) is 0 Å². The summed E-state index contributed by atoms with van der Waals surface area (Å²) in [5.74, 6) is 1.06. The molecule has 1 saturated heterocycles. The van der Waals surface area contributed by atoms with Gasteiger partial charge in [-0.3, -0.25) is 9.59 Å². The van der Waals surface area contributed by atoms with Gasteiger partial charge in [-0.05, 0) is 13.8 Å². The van der Waals surface area contributed by atoms with Crippen LogP contribution in [-0.4, -0.2) is 63.8 Å². The molecule has 1 aliphatic heterocycles. The predicted octanol–water partition coefficient (Wildman–Crippen LogP) is 2.27. The summed E-state index contributed by atoms with van der Waals surface area (Å²) in [7, 11) is 0. The van der Waals surface area contributed by atoms with Crippen molar-refractivity contribution in [3.05, 3.63) is 42.1 Å². The minimum Gasteiger partial charge on any atom is -0.368 e. The second-order valence-corrected chi connectivity index (χ2v) is 6.93. The molecule has 0 aliphatic carbocycles. The van der Waals surface area contributed by atoms with Crippen LogP contribution >= 0.6 is 0 Å². The maximum Gasteiger partial charge on any atom is 0.272 e. The first kappa shape index (κ1) is 18.8. The van der Waals surface area contributed by atoms with Crippen LogP contribution in [-0.2, 0) is 4.79 Å². The molecule has 1 fully saturated rings. The quantitative estimate of drug-likeness (QED) is 0.897. The zero-order valence-corrected chi connectivity index (χ0v) is 16.0. The van der Waals surface area contributed by atoms with Crippen molar-refractivity contribution < 1.29 is 9.59 Å². The molecule has 3 rings (SSSR count). The minimum absolute atomic E-state index is 0.0407. The van der Waals surface area contributed by atoms with Gasteiger partial charge in [-0.25, -0.2) is 9.97 Å². The molecule has 1 N–H and O–H groups in total. The number of benzene rings is 1. The second-order valence-electron chi connectivity index (χ2n) is 6.93. The smallest absolute Gasteiger partial charge is 0.272 e. The lowest BCUT2D eigenvalue weighted by atomic mass is 10.2. The number of piperazine rings is 1. The summed E-state index contributed by atoms with van der Waals surface area (Å²) in [4.78, 5) is 37.1. The molecule has 1 aromatic heterocycles. The summed E-state index contributed by atoms with van der Waals surface area (Å²) in [6.45, 7) is 7.72. The van der Waals surface area contributed by atoms with Crippen molar-refractivity contribution in [2.24, 2.45) is 0 Å². The summed E-state index contributed by atoms with van der Waals surface area (Å²) in [6.07, 6.45) is 0. The van der Waals surface area contributed by atoms with Gasteiger partial charge in [0.05, 0.1) is 0 Å². The van der Waals surface area contributed by atoms with Crippen molar-refractivity contribution in [3.8, 4) is 11.4 Å². The molecular weight excluding hydrogens is 342 g/mol. The van der Waals surface area contributed by atoms with Crippen molar-refractivity contribution in [2.75, 3.05) is 31.5 Å². The van der Waals surface area contributed by atoms with E-state index in [0.717, 1.165) is 5.56 Å². The van der Waals surface area contributed by atoms with Gasteiger partial charge < -0.3 is 15.1 Å². The number of amides is 2. The van der Waals surface area contributed by atoms with Crippen molar-refractivity contribution in [1.82, 2.24) is 19.8 Å². The van der Waals surface area contributed by atoms with Crippen LogP contribution < -0.4 is 5.32 Å². The van der Waals surface area contributed by atoms with Gasteiger partial charge in [-0.2, -0.15) is 0 Å². The van der Waals surface area contributed by atoms with Gasteiger partial charge >= 0.3 is 0 Å². The zero-order chi connectivity index (χ0) is 19.4. The van der Waals surface area contributed by atoms with E-state index in [1.54, 1.807) is 22.8 Å². The highest BCUT2D eigenvalue weighted by molar-refractivity contribution is 5.93. The molecule has 2 amide bonds. The summed E-state index contributed by atoms with van der Waals surface area (Å²) >= 11 is 0. The zero-order valence-electron chi connectivity index (χ0n) is 16.0. The Bertz CT molecular complexity index is 814.